The number of hydrogen-bond donors (Lipinski definition) is 3. The maximum Gasteiger partial charge on any atom is 0.273 e. The largest absolute Gasteiger partial charge is 0.446 e. The normalized spacial score (nSPS) is 26.0. The molecule has 0 radical (unpaired) electrons. The number of oxazole rings is 1. The summed E-state index contributed by atoms with van der Waals surface area (Å²) in [7, 11) is 0. The second-order valence-electron chi connectivity index (χ2n) is 5.77. The van der Waals surface area contributed by atoms with Gasteiger partial charge < -0.3 is 20.6 Å². The fourth-order valence-electron chi connectivity index (χ4n) is 2.42. The van der Waals surface area contributed by atoms with Crippen LogP contribution in [0, 0.1) is 5.92 Å². The summed E-state index contributed by atoms with van der Waals surface area (Å²) in [6.07, 6.45) is 4.81. The molecule has 6 heteroatoms. The van der Waals surface area contributed by atoms with Crippen LogP contribution >= 0.6 is 0 Å². The van der Waals surface area contributed by atoms with Crippen LogP contribution in [0.4, 0.5) is 0 Å². The number of rotatable bonds is 4. The van der Waals surface area contributed by atoms with Gasteiger partial charge in [-0.25, -0.2) is 4.98 Å². The lowest BCUT2D eigenvalue weighted by molar-refractivity contribution is 0.0917. The van der Waals surface area contributed by atoms with Gasteiger partial charge in [-0.05, 0) is 38.5 Å². The molecule has 6 nitrogen and oxygen atoms in total. The molecule has 1 saturated carbocycles. The molecule has 1 amide bonds. The summed E-state index contributed by atoms with van der Waals surface area (Å²) >= 11 is 0. The highest BCUT2D eigenvalue weighted by Crippen LogP contribution is 2.23. The van der Waals surface area contributed by atoms with Crippen LogP contribution in [0.2, 0.25) is 0 Å². The molecule has 1 heterocycles. The number of carbonyl (C=O) groups excluding carboxylic acids is 1. The van der Waals surface area contributed by atoms with Gasteiger partial charge in [0.05, 0.1) is 6.10 Å². The van der Waals surface area contributed by atoms with Crippen LogP contribution in [-0.2, 0) is 0 Å². The van der Waals surface area contributed by atoms with E-state index in [1.807, 2.05) is 0 Å². The van der Waals surface area contributed by atoms with Crippen molar-refractivity contribution in [3.8, 4) is 0 Å². The van der Waals surface area contributed by atoms with Gasteiger partial charge in [0.1, 0.15) is 12.3 Å². The Balaban J connectivity index is 1.93. The molecule has 20 heavy (non-hydrogen) atoms. The summed E-state index contributed by atoms with van der Waals surface area (Å²) in [4.78, 5) is 16.1. The third kappa shape index (κ3) is 3.58. The van der Waals surface area contributed by atoms with E-state index in [9.17, 15) is 9.90 Å². The van der Waals surface area contributed by atoms with Crippen LogP contribution in [-0.4, -0.2) is 28.1 Å². The minimum atomic E-state index is -0.774. The smallest absolute Gasteiger partial charge is 0.273 e. The third-order valence-electron chi connectivity index (χ3n) is 3.91. The van der Waals surface area contributed by atoms with Gasteiger partial charge in [-0.1, -0.05) is 6.92 Å². The molecule has 1 aliphatic carbocycles. The third-order valence-corrected chi connectivity index (χ3v) is 3.91. The first-order valence-corrected chi connectivity index (χ1v) is 7.17. The number of hydrogen-bond acceptors (Lipinski definition) is 5. The van der Waals surface area contributed by atoms with Gasteiger partial charge in [0.2, 0.25) is 5.89 Å². The van der Waals surface area contributed by atoms with E-state index in [-0.39, 0.29) is 23.5 Å². The van der Waals surface area contributed by atoms with Crippen molar-refractivity contribution in [2.24, 2.45) is 11.7 Å². The Labute approximate surface area is 118 Å². The van der Waals surface area contributed by atoms with Crippen LogP contribution in [0.3, 0.4) is 0 Å². The van der Waals surface area contributed by atoms with E-state index in [1.165, 1.54) is 6.26 Å². The zero-order chi connectivity index (χ0) is 14.7. The van der Waals surface area contributed by atoms with Crippen LogP contribution in [0.5, 0.6) is 0 Å². The molecule has 0 spiro atoms. The molecule has 2 unspecified atom stereocenters. The average Bonchev–Trinajstić information content (AvgIpc) is 2.90. The van der Waals surface area contributed by atoms with Crippen molar-refractivity contribution in [3.63, 3.8) is 0 Å². The summed E-state index contributed by atoms with van der Waals surface area (Å²) in [6.45, 7) is 3.79. The summed E-state index contributed by atoms with van der Waals surface area (Å²) in [6, 6.07) is -0.503. The quantitative estimate of drug-likeness (QED) is 0.773. The predicted octanol–water partition coefficient (Wildman–Crippen LogP) is 1.36. The number of aromatic nitrogens is 1. The molecule has 4 N–H and O–H groups in total. The van der Waals surface area contributed by atoms with E-state index in [4.69, 9.17) is 10.2 Å². The van der Waals surface area contributed by atoms with Gasteiger partial charge in [-0.15, -0.1) is 0 Å². The summed E-state index contributed by atoms with van der Waals surface area (Å²) in [5, 5.41) is 12.4. The number of carbonyl (C=O) groups is 1. The fraction of sp³-hybridized carbons (Fsp3) is 0.714. The minimum absolute atomic E-state index is 0.183. The zero-order valence-corrected chi connectivity index (χ0v) is 12.0. The predicted molar refractivity (Wildman–Crippen MR) is 74.0 cm³/mol. The molecule has 1 aliphatic rings. The van der Waals surface area contributed by atoms with E-state index in [0.29, 0.717) is 0 Å². The molecule has 0 aromatic carbocycles. The Morgan fingerprint density at radius 1 is 1.50 bits per heavy atom. The van der Waals surface area contributed by atoms with Crippen molar-refractivity contribution in [2.45, 2.75) is 57.7 Å². The molecule has 0 bridgehead atoms. The lowest BCUT2D eigenvalue weighted by atomic mass is 9.87. The molecule has 112 valence electrons. The van der Waals surface area contributed by atoms with E-state index < -0.39 is 12.1 Å². The van der Waals surface area contributed by atoms with Gasteiger partial charge in [-0.3, -0.25) is 4.79 Å². The first kappa shape index (κ1) is 15.0. The van der Waals surface area contributed by atoms with Gasteiger partial charge in [0, 0.05) is 6.04 Å². The van der Waals surface area contributed by atoms with Crippen LogP contribution in [0.1, 0.15) is 62.0 Å². The van der Waals surface area contributed by atoms with Gasteiger partial charge in [0.25, 0.3) is 5.91 Å². The molecular weight excluding hydrogens is 258 g/mol. The van der Waals surface area contributed by atoms with Gasteiger partial charge in [0.15, 0.2) is 5.69 Å². The number of nitrogens with one attached hydrogen (secondary N) is 1. The second kappa shape index (κ2) is 6.37. The standard InChI is InChI=1S/C14H23N3O3/c1-8-3-5-10(6-4-8)16-13(19)11-7-20-14(17-11)12(15)9(2)18/h7-10,12,18H,3-6,15H2,1-2H3,(H,16,19). The maximum atomic E-state index is 12.1. The van der Waals surface area contributed by atoms with E-state index in [1.54, 1.807) is 6.92 Å². The van der Waals surface area contributed by atoms with E-state index in [2.05, 4.69) is 17.2 Å². The van der Waals surface area contributed by atoms with Gasteiger partial charge in [-0.2, -0.15) is 0 Å². The summed E-state index contributed by atoms with van der Waals surface area (Å²) in [5.74, 6) is 0.686. The molecule has 0 saturated heterocycles. The van der Waals surface area contributed by atoms with Crippen molar-refractivity contribution in [3.05, 3.63) is 17.8 Å². The lowest BCUT2D eigenvalue weighted by Gasteiger charge is -2.26. The Hall–Kier alpha value is -1.40. The van der Waals surface area contributed by atoms with Crippen molar-refractivity contribution in [1.82, 2.24) is 10.3 Å². The SMILES string of the molecule is CC1CCC(NC(=O)c2coc(C(N)C(C)O)n2)CC1. The Morgan fingerprint density at radius 2 is 2.15 bits per heavy atom. The Kier molecular flexibility index (Phi) is 4.77. The molecule has 2 rings (SSSR count). The number of nitrogens with zero attached hydrogens (tertiary/aromatic N) is 1. The minimum Gasteiger partial charge on any atom is -0.446 e. The number of nitrogens with two attached hydrogens (primary N) is 1. The average molecular weight is 281 g/mol. The molecule has 2 atom stereocenters. The molecule has 0 aliphatic heterocycles. The number of amides is 1. The highest BCUT2D eigenvalue weighted by atomic mass is 16.3. The van der Waals surface area contributed by atoms with Crippen molar-refractivity contribution < 1.29 is 14.3 Å². The molecular formula is C14H23N3O3. The highest BCUT2D eigenvalue weighted by molar-refractivity contribution is 5.92. The van der Waals surface area contributed by atoms with E-state index in [0.717, 1.165) is 31.6 Å². The lowest BCUT2D eigenvalue weighted by Crippen LogP contribution is -2.37. The molecule has 1 aromatic rings. The molecule has 1 fully saturated rings. The highest BCUT2D eigenvalue weighted by Gasteiger charge is 2.23. The monoisotopic (exact) mass is 281 g/mol. The maximum absolute atomic E-state index is 12.1. The van der Waals surface area contributed by atoms with Crippen molar-refractivity contribution in [1.29, 1.82) is 0 Å². The van der Waals surface area contributed by atoms with Crippen LogP contribution < -0.4 is 11.1 Å². The first-order chi connectivity index (χ1) is 9.47. The van der Waals surface area contributed by atoms with Crippen LogP contribution in [0.25, 0.3) is 0 Å². The fourth-order valence-corrected chi connectivity index (χ4v) is 2.42. The second-order valence-corrected chi connectivity index (χ2v) is 5.77. The Morgan fingerprint density at radius 3 is 2.75 bits per heavy atom. The zero-order valence-electron chi connectivity index (χ0n) is 12.0. The van der Waals surface area contributed by atoms with E-state index >= 15 is 0 Å². The van der Waals surface area contributed by atoms with Gasteiger partial charge >= 0.3 is 0 Å². The first-order valence-electron chi connectivity index (χ1n) is 7.17. The van der Waals surface area contributed by atoms with Crippen LogP contribution in [0.15, 0.2) is 10.7 Å². The number of aliphatic hydroxyl groups excluding tert-OH is 1. The van der Waals surface area contributed by atoms with Crippen molar-refractivity contribution in [2.75, 3.05) is 0 Å². The van der Waals surface area contributed by atoms with Crippen molar-refractivity contribution >= 4 is 5.91 Å². The summed E-state index contributed by atoms with van der Waals surface area (Å²) in [5.41, 5.74) is 5.93. The Bertz CT molecular complexity index is 450. The molecule has 1 aromatic heterocycles. The topological polar surface area (TPSA) is 101 Å². The number of aliphatic hydroxyl groups is 1. The summed E-state index contributed by atoms with van der Waals surface area (Å²) < 4.78 is 5.16.